The lowest BCUT2D eigenvalue weighted by molar-refractivity contribution is 0.248. The van der Waals surface area contributed by atoms with Gasteiger partial charge in [-0.05, 0) is 11.5 Å². The Balaban J connectivity index is 1.61. The Hall–Kier alpha value is -2.28. The number of hydrogen-bond donors (Lipinski definition) is 0. The summed E-state index contributed by atoms with van der Waals surface area (Å²) in [6, 6.07) is 3.90. The molecule has 1 fully saturated rings. The van der Waals surface area contributed by atoms with Gasteiger partial charge in [-0.3, -0.25) is 4.90 Å². The van der Waals surface area contributed by atoms with Crippen LogP contribution in [0.25, 0.3) is 0 Å². The van der Waals surface area contributed by atoms with Gasteiger partial charge in [0.05, 0.1) is 12.8 Å². The highest BCUT2D eigenvalue weighted by Gasteiger charge is 2.23. The second kappa shape index (κ2) is 7.74. The van der Waals surface area contributed by atoms with E-state index in [1.807, 2.05) is 37.1 Å². The molecule has 7 heteroatoms. The van der Waals surface area contributed by atoms with Crippen molar-refractivity contribution >= 4 is 5.82 Å². The molecule has 0 bridgehead atoms. The molecule has 134 valence electrons. The lowest BCUT2D eigenvalue weighted by atomic mass is 10.1. The molecule has 0 radical (unpaired) electrons. The highest BCUT2D eigenvalue weighted by atomic mass is 19.1. The molecule has 1 aliphatic rings. The van der Waals surface area contributed by atoms with Crippen LogP contribution in [0, 0.1) is 5.82 Å². The molecule has 0 amide bonds. The maximum Gasteiger partial charge on any atom is 0.212 e. The molecule has 6 nitrogen and oxygen atoms in total. The van der Waals surface area contributed by atoms with Crippen LogP contribution >= 0.6 is 0 Å². The minimum Gasteiger partial charge on any atom is -0.481 e. The summed E-state index contributed by atoms with van der Waals surface area (Å²) in [7, 11) is 1.61. The number of anilines is 1. The van der Waals surface area contributed by atoms with Crippen LogP contribution in [-0.2, 0) is 6.54 Å². The molecule has 2 aromatic rings. The number of hydrogen-bond acceptors (Lipinski definition) is 6. The summed E-state index contributed by atoms with van der Waals surface area (Å²) in [5.74, 6) is 0.800. The second-order valence-corrected chi connectivity index (χ2v) is 6.52. The molecule has 3 rings (SSSR count). The summed E-state index contributed by atoms with van der Waals surface area (Å²) in [5.41, 5.74) is 1.63. The minimum absolute atomic E-state index is 0.0469. The van der Waals surface area contributed by atoms with E-state index in [1.165, 1.54) is 6.33 Å². The van der Waals surface area contributed by atoms with Crippen LogP contribution in [0.5, 0.6) is 5.88 Å². The summed E-state index contributed by atoms with van der Waals surface area (Å²) >= 11 is 0. The van der Waals surface area contributed by atoms with E-state index in [9.17, 15) is 4.39 Å². The number of ether oxygens (including phenoxy) is 1. The molecule has 0 unspecified atom stereocenters. The van der Waals surface area contributed by atoms with E-state index in [2.05, 4.69) is 19.9 Å². The summed E-state index contributed by atoms with van der Waals surface area (Å²) in [4.78, 5) is 16.8. The third-order valence-corrected chi connectivity index (χ3v) is 4.43. The van der Waals surface area contributed by atoms with Gasteiger partial charge in [0.25, 0.3) is 0 Å². The van der Waals surface area contributed by atoms with E-state index >= 15 is 0 Å². The lowest BCUT2D eigenvalue weighted by Gasteiger charge is -2.35. The maximum atomic E-state index is 14.6. The zero-order valence-corrected chi connectivity index (χ0v) is 14.9. The number of piperazine rings is 1. The predicted molar refractivity (Wildman–Crippen MR) is 94.4 cm³/mol. The fraction of sp³-hybridized carbons (Fsp3) is 0.500. The van der Waals surface area contributed by atoms with E-state index in [0.29, 0.717) is 17.4 Å². The van der Waals surface area contributed by atoms with Crippen LogP contribution in [0.1, 0.15) is 31.0 Å². The van der Waals surface area contributed by atoms with Gasteiger partial charge in [-0.1, -0.05) is 19.9 Å². The van der Waals surface area contributed by atoms with Gasteiger partial charge in [0.1, 0.15) is 6.33 Å². The summed E-state index contributed by atoms with van der Waals surface area (Å²) < 4.78 is 19.7. The first kappa shape index (κ1) is 17.5. The van der Waals surface area contributed by atoms with Crippen molar-refractivity contribution in [1.82, 2.24) is 19.9 Å². The van der Waals surface area contributed by atoms with E-state index in [-0.39, 0.29) is 11.7 Å². The lowest BCUT2D eigenvalue weighted by Crippen LogP contribution is -2.46. The van der Waals surface area contributed by atoms with Crippen molar-refractivity contribution in [2.45, 2.75) is 26.3 Å². The van der Waals surface area contributed by atoms with Gasteiger partial charge >= 0.3 is 0 Å². The SMILES string of the molecule is COc1ccc(CN2CCN(c3ncnc(C(C)C)c3F)CC2)cn1. The Labute approximate surface area is 147 Å². The van der Waals surface area contributed by atoms with Crippen molar-refractivity contribution in [2.24, 2.45) is 0 Å². The van der Waals surface area contributed by atoms with Gasteiger partial charge in [0.15, 0.2) is 11.6 Å². The van der Waals surface area contributed by atoms with Gasteiger partial charge in [0.2, 0.25) is 5.88 Å². The standard InChI is InChI=1S/C18H24FN5O/c1-13(2)17-16(19)18(22-12-21-17)24-8-6-23(7-9-24)11-14-4-5-15(25-3)20-10-14/h4-5,10,12-13H,6-9,11H2,1-3H3. The van der Waals surface area contributed by atoms with Crippen molar-refractivity contribution in [3.63, 3.8) is 0 Å². The Kier molecular flexibility index (Phi) is 5.43. The molecule has 0 N–H and O–H groups in total. The number of aromatic nitrogens is 3. The van der Waals surface area contributed by atoms with E-state index in [0.717, 1.165) is 38.3 Å². The quantitative estimate of drug-likeness (QED) is 0.830. The highest BCUT2D eigenvalue weighted by molar-refractivity contribution is 5.42. The van der Waals surface area contributed by atoms with Crippen LogP contribution in [0.2, 0.25) is 0 Å². The molecular weight excluding hydrogens is 321 g/mol. The molecule has 25 heavy (non-hydrogen) atoms. The fourth-order valence-corrected chi connectivity index (χ4v) is 3.00. The summed E-state index contributed by atoms with van der Waals surface area (Å²) in [5, 5.41) is 0. The number of methoxy groups -OCH3 is 1. The zero-order valence-electron chi connectivity index (χ0n) is 14.9. The van der Waals surface area contributed by atoms with Crippen LogP contribution in [0.15, 0.2) is 24.7 Å². The largest absolute Gasteiger partial charge is 0.481 e. The van der Waals surface area contributed by atoms with Crippen molar-refractivity contribution < 1.29 is 9.13 Å². The molecule has 2 aromatic heterocycles. The Morgan fingerprint density at radius 1 is 1.12 bits per heavy atom. The van der Waals surface area contributed by atoms with Crippen LogP contribution in [0.3, 0.4) is 0 Å². The normalized spacial score (nSPS) is 15.6. The molecule has 3 heterocycles. The second-order valence-electron chi connectivity index (χ2n) is 6.52. The first-order valence-corrected chi connectivity index (χ1v) is 8.55. The Morgan fingerprint density at radius 2 is 1.88 bits per heavy atom. The van der Waals surface area contributed by atoms with E-state index in [1.54, 1.807) is 7.11 Å². The molecule has 0 atom stereocenters. The predicted octanol–water partition coefficient (Wildman–Crippen LogP) is 2.46. The third kappa shape index (κ3) is 4.04. The highest BCUT2D eigenvalue weighted by Crippen LogP contribution is 2.24. The van der Waals surface area contributed by atoms with E-state index in [4.69, 9.17) is 4.74 Å². The molecular formula is C18H24FN5O. The van der Waals surface area contributed by atoms with Crippen LogP contribution < -0.4 is 9.64 Å². The van der Waals surface area contributed by atoms with Crippen molar-refractivity contribution in [3.05, 3.63) is 41.7 Å². The Bertz CT molecular complexity index is 699. The average molecular weight is 345 g/mol. The van der Waals surface area contributed by atoms with Crippen LogP contribution in [0.4, 0.5) is 10.2 Å². The summed E-state index contributed by atoms with van der Waals surface area (Å²) in [6.07, 6.45) is 3.30. The first-order valence-electron chi connectivity index (χ1n) is 8.55. The summed E-state index contributed by atoms with van der Waals surface area (Å²) in [6.45, 7) is 7.91. The van der Waals surface area contributed by atoms with Gasteiger partial charge in [0, 0.05) is 45.0 Å². The van der Waals surface area contributed by atoms with Crippen LogP contribution in [-0.4, -0.2) is 53.1 Å². The molecule has 1 aliphatic heterocycles. The fourth-order valence-electron chi connectivity index (χ4n) is 3.00. The monoisotopic (exact) mass is 345 g/mol. The molecule has 0 aromatic carbocycles. The molecule has 1 saturated heterocycles. The average Bonchev–Trinajstić information content (AvgIpc) is 2.63. The molecule has 0 spiro atoms. The van der Waals surface area contributed by atoms with E-state index < -0.39 is 0 Å². The molecule has 0 aliphatic carbocycles. The first-order chi connectivity index (χ1) is 12.1. The van der Waals surface area contributed by atoms with Gasteiger partial charge in [-0.2, -0.15) is 0 Å². The number of rotatable bonds is 5. The van der Waals surface area contributed by atoms with Gasteiger partial charge in [-0.25, -0.2) is 19.3 Å². The number of pyridine rings is 1. The van der Waals surface area contributed by atoms with Crippen molar-refractivity contribution in [1.29, 1.82) is 0 Å². The zero-order chi connectivity index (χ0) is 17.8. The van der Waals surface area contributed by atoms with Crippen molar-refractivity contribution in [2.75, 3.05) is 38.2 Å². The van der Waals surface area contributed by atoms with Gasteiger partial charge < -0.3 is 9.64 Å². The molecule has 0 saturated carbocycles. The van der Waals surface area contributed by atoms with Crippen molar-refractivity contribution in [3.8, 4) is 5.88 Å². The topological polar surface area (TPSA) is 54.4 Å². The number of halogens is 1. The maximum absolute atomic E-state index is 14.6. The minimum atomic E-state index is -0.287. The Morgan fingerprint density at radius 3 is 2.48 bits per heavy atom. The smallest absolute Gasteiger partial charge is 0.212 e. The number of nitrogens with zero attached hydrogens (tertiary/aromatic N) is 5. The third-order valence-electron chi connectivity index (χ3n) is 4.43. The van der Waals surface area contributed by atoms with Gasteiger partial charge in [-0.15, -0.1) is 0 Å².